The van der Waals surface area contributed by atoms with E-state index in [4.69, 9.17) is 21.4 Å². The predicted octanol–water partition coefficient (Wildman–Crippen LogP) is 3.12. The van der Waals surface area contributed by atoms with Gasteiger partial charge < -0.3 is 19.4 Å². The van der Waals surface area contributed by atoms with Crippen molar-refractivity contribution < 1.29 is 9.15 Å². The lowest BCUT2D eigenvalue weighted by molar-refractivity contribution is 0.0356. The van der Waals surface area contributed by atoms with Crippen LogP contribution in [0.3, 0.4) is 0 Å². The Morgan fingerprint density at radius 2 is 1.92 bits per heavy atom. The summed E-state index contributed by atoms with van der Waals surface area (Å²) in [6.45, 7) is 8.00. The Morgan fingerprint density at radius 1 is 1.16 bits per heavy atom. The van der Waals surface area contributed by atoms with Gasteiger partial charge in [0.15, 0.2) is 5.11 Å². The molecule has 0 unspecified atom stereocenters. The summed E-state index contributed by atoms with van der Waals surface area (Å²) in [4.78, 5) is 4.57. The number of morpholine rings is 1. The number of thiocarbonyl (C=S) groups is 1. The van der Waals surface area contributed by atoms with Gasteiger partial charge >= 0.3 is 0 Å². The average molecular weight is 359 g/mol. The van der Waals surface area contributed by atoms with Crippen LogP contribution in [0.15, 0.2) is 46.9 Å². The average Bonchev–Trinajstić information content (AvgIpc) is 3.05. The van der Waals surface area contributed by atoms with E-state index in [1.54, 1.807) is 0 Å². The Kier molecular flexibility index (Phi) is 6.44. The maximum Gasteiger partial charge on any atom is 0.173 e. The van der Waals surface area contributed by atoms with E-state index in [1.807, 2.05) is 49.4 Å². The summed E-state index contributed by atoms with van der Waals surface area (Å²) in [5.41, 5.74) is 1.000. The third kappa shape index (κ3) is 5.56. The first-order valence-electron chi connectivity index (χ1n) is 8.67. The van der Waals surface area contributed by atoms with Crippen LogP contribution in [0.2, 0.25) is 0 Å². The number of ether oxygens (including phenoxy) is 1. The van der Waals surface area contributed by atoms with Crippen molar-refractivity contribution in [1.82, 2.24) is 9.80 Å². The van der Waals surface area contributed by atoms with Gasteiger partial charge in [0.05, 0.1) is 19.8 Å². The molecule has 0 amide bonds. The van der Waals surface area contributed by atoms with Gasteiger partial charge in [-0.15, -0.1) is 0 Å². The molecule has 3 rings (SSSR count). The highest BCUT2D eigenvalue weighted by Gasteiger charge is 2.16. The van der Waals surface area contributed by atoms with E-state index in [2.05, 4.69) is 15.1 Å². The van der Waals surface area contributed by atoms with Crippen LogP contribution in [0.1, 0.15) is 11.5 Å². The number of nitrogens with one attached hydrogen (secondary N) is 1. The molecule has 1 aromatic carbocycles. The fraction of sp³-hybridized carbons (Fsp3) is 0.421. The van der Waals surface area contributed by atoms with Crippen LogP contribution in [-0.2, 0) is 11.3 Å². The van der Waals surface area contributed by atoms with Crippen molar-refractivity contribution in [3.05, 3.63) is 54.0 Å². The number of anilines is 1. The Bertz CT molecular complexity index is 668. The number of para-hydroxylation sites is 1. The van der Waals surface area contributed by atoms with Crippen LogP contribution < -0.4 is 5.32 Å². The van der Waals surface area contributed by atoms with Crippen molar-refractivity contribution in [2.24, 2.45) is 0 Å². The minimum atomic E-state index is 0.664. The third-order valence-electron chi connectivity index (χ3n) is 4.24. The highest BCUT2D eigenvalue weighted by atomic mass is 32.1. The van der Waals surface area contributed by atoms with Crippen LogP contribution in [0.25, 0.3) is 0 Å². The van der Waals surface area contributed by atoms with Crippen LogP contribution in [0, 0.1) is 6.92 Å². The molecule has 25 heavy (non-hydrogen) atoms. The summed E-state index contributed by atoms with van der Waals surface area (Å²) in [5.74, 6) is 1.85. The lowest BCUT2D eigenvalue weighted by Crippen LogP contribution is -2.43. The molecule has 0 saturated carbocycles. The molecule has 0 bridgehead atoms. The lowest BCUT2D eigenvalue weighted by atomic mass is 10.3. The van der Waals surface area contributed by atoms with E-state index < -0.39 is 0 Å². The Balaban J connectivity index is 1.63. The van der Waals surface area contributed by atoms with Gasteiger partial charge in [0.25, 0.3) is 0 Å². The summed E-state index contributed by atoms with van der Waals surface area (Å²) in [7, 11) is 0. The Labute approximate surface area is 154 Å². The summed E-state index contributed by atoms with van der Waals surface area (Å²) in [6.07, 6.45) is 0. The number of hydrogen-bond acceptors (Lipinski definition) is 4. The standard InChI is InChI=1S/C19H25N3O2S/c1-16-7-8-18(24-16)15-22(10-9-21-11-13-23-14-12-21)19(25)20-17-5-3-2-4-6-17/h2-8H,9-15H2,1H3,(H,20,25). The van der Waals surface area contributed by atoms with Crippen LogP contribution in [-0.4, -0.2) is 54.3 Å². The van der Waals surface area contributed by atoms with Gasteiger partial charge in [0.2, 0.25) is 0 Å². The van der Waals surface area contributed by atoms with Crippen LogP contribution >= 0.6 is 12.2 Å². The molecule has 1 fully saturated rings. The van der Waals surface area contributed by atoms with Gasteiger partial charge in [-0.25, -0.2) is 0 Å². The van der Waals surface area contributed by atoms with Crippen LogP contribution in [0.5, 0.6) is 0 Å². The van der Waals surface area contributed by atoms with Crippen molar-refractivity contribution in [3.8, 4) is 0 Å². The number of rotatable bonds is 6. The van der Waals surface area contributed by atoms with Crippen molar-refractivity contribution in [1.29, 1.82) is 0 Å². The Hall–Kier alpha value is -1.89. The smallest absolute Gasteiger partial charge is 0.173 e. The largest absolute Gasteiger partial charge is 0.464 e. The number of benzene rings is 1. The summed E-state index contributed by atoms with van der Waals surface area (Å²) in [5, 5.41) is 4.05. The molecule has 2 heterocycles. The first-order chi connectivity index (χ1) is 12.2. The maximum atomic E-state index is 5.74. The van der Waals surface area contributed by atoms with Gasteiger partial charge in [0, 0.05) is 31.9 Å². The van der Waals surface area contributed by atoms with Gasteiger partial charge in [-0.3, -0.25) is 4.90 Å². The van der Waals surface area contributed by atoms with Gasteiger partial charge in [-0.2, -0.15) is 0 Å². The first kappa shape index (κ1) is 17.9. The van der Waals surface area contributed by atoms with E-state index in [0.717, 1.165) is 56.6 Å². The lowest BCUT2D eigenvalue weighted by Gasteiger charge is -2.31. The molecule has 0 atom stereocenters. The predicted molar refractivity (Wildman–Crippen MR) is 104 cm³/mol. The quantitative estimate of drug-likeness (QED) is 0.799. The SMILES string of the molecule is Cc1ccc(CN(CCN2CCOCC2)C(=S)Nc2ccccc2)o1. The zero-order chi connectivity index (χ0) is 17.5. The molecule has 1 N–H and O–H groups in total. The number of hydrogen-bond donors (Lipinski definition) is 1. The maximum absolute atomic E-state index is 5.74. The van der Waals surface area contributed by atoms with Gasteiger partial charge in [-0.05, 0) is 43.4 Å². The molecule has 5 nitrogen and oxygen atoms in total. The molecule has 1 saturated heterocycles. The zero-order valence-corrected chi connectivity index (χ0v) is 15.4. The van der Waals surface area contributed by atoms with Gasteiger partial charge in [-0.1, -0.05) is 18.2 Å². The fourth-order valence-corrected chi connectivity index (χ4v) is 3.10. The minimum absolute atomic E-state index is 0.664. The monoisotopic (exact) mass is 359 g/mol. The normalized spacial score (nSPS) is 15.1. The zero-order valence-electron chi connectivity index (χ0n) is 14.6. The summed E-state index contributed by atoms with van der Waals surface area (Å²) >= 11 is 5.66. The number of aryl methyl sites for hydroxylation is 1. The molecular formula is C19H25N3O2S. The molecule has 1 aromatic heterocycles. The second kappa shape index (κ2) is 8.99. The van der Waals surface area contributed by atoms with E-state index in [9.17, 15) is 0 Å². The van der Waals surface area contributed by atoms with E-state index in [-0.39, 0.29) is 0 Å². The Morgan fingerprint density at radius 3 is 2.60 bits per heavy atom. The molecule has 0 radical (unpaired) electrons. The molecular weight excluding hydrogens is 334 g/mol. The fourth-order valence-electron chi connectivity index (χ4n) is 2.82. The van der Waals surface area contributed by atoms with Crippen LogP contribution in [0.4, 0.5) is 5.69 Å². The molecule has 1 aliphatic heterocycles. The highest BCUT2D eigenvalue weighted by Crippen LogP contribution is 2.13. The first-order valence-corrected chi connectivity index (χ1v) is 9.08. The molecule has 6 heteroatoms. The number of nitrogens with zero attached hydrogens (tertiary/aromatic N) is 2. The summed E-state index contributed by atoms with van der Waals surface area (Å²) in [6, 6.07) is 14.0. The summed E-state index contributed by atoms with van der Waals surface area (Å²) < 4.78 is 11.2. The van der Waals surface area contributed by atoms with E-state index >= 15 is 0 Å². The minimum Gasteiger partial charge on any atom is -0.464 e. The molecule has 1 aliphatic rings. The second-order valence-electron chi connectivity index (χ2n) is 6.18. The van der Waals surface area contributed by atoms with Gasteiger partial charge in [0.1, 0.15) is 11.5 Å². The topological polar surface area (TPSA) is 40.9 Å². The van der Waals surface area contributed by atoms with Crippen molar-refractivity contribution >= 4 is 23.0 Å². The van der Waals surface area contributed by atoms with Crippen molar-refractivity contribution in [2.45, 2.75) is 13.5 Å². The van der Waals surface area contributed by atoms with E-state index in [0.29, 0.717) is 11.7 Å². The number of furan rings is 1. The van der Waals surface area contributed by atoms with E-state index in [1.165, 1.54) is 0 Å². The molecule has 134 valence electrons. The highest BCUT2D eigenvalue weighted by molar-refractivity contribution is 7.80. The van der Waals surface area contributed by atoms with Crippen molar-refractivity contribution in [2.75, 3.05) is 44.7 Å². The molecule has 2 aromatic rings. The van der Waals surface area contributed by atoms with Crippen molar-refractivity contribution in [3.63, 3.8) is 0 Å². The molecule has 0 spiro atoms. The molecule has 0 aliphatic carbocycles. The second-order valence-corrected chi connectivity index (χ2v) is 6.57. The third-order valence-corrected chi connectivity index (χ3v) is 4.61.